The molecule has 4 aromatic carbocycles. The van der Waals surface area contributed by atoms with Crippen LogP contribution < -0.4 is 15.4 Å². The van der Waals surface area contributed by atoms with Gasteiger partial charge in [0.05, 0.1) is 5.02 Å². The van der Waals surface area contributed by atoms with E-state index >= 15 is 0 Å². The molecule has 0 saturated heterocycles. The number of carboxylic acid groups (broad SMARTS) is 1. The number of hydrogen-bond donors (Lipinski definition) is 3. The number of aromatic carboxylic acids is 1. The lowest BCUT2D eigenvalue weighted by atomic mass is 10.1. The minimum atomic E-state index is -1.41. The van der Waals surface area contributed by atoms with Crippen LogP contribution in [0.3, 0.4) is 0 Å². The predicted molar refractivity (Wildman–Crippen MR) is 135 cm³/mol. The minimum Gasteiger partial charge on any atom is -0.478 e. The highest BCUT2D eigenvalue weighted by Gasteiger charge is 2.24. The van der Waals surface area contributed by atoms with E-state index in [0.717, 1.165) is 24.3 Å². The van der Waals surface area contributed by atoms with Gasteiger partial charge in [-0.05, 0) is 42.8 Å². The summed E-state index contributed by atoms with van der Waals surface area (Å²) in [6.07, 6.45) is 0. The van der Waals surface area contributed by atoms with Crippen molar-refractivity contribution >= 4 is 57.6 Å². The second kappa shape index (κ2) is 10.4. The first-order valence-electron chi connectivity index (χ1n) is 10.6. The smallest absolute Gasteiger partial charge is 0.339 e. The highest BCUT2D eigenvalue weighted by atomic mass is 35.5. The maximum Gasteiger partial charge on any atom is 0.339 e. The minimum absolute atomic E-state index is 0.0741. The molecule has 0 heterocycles. The van der Waals surface area contributed by atoms with Gasteiger partial charge in [0.2, 0.25) is 0 Å². The van der Waals surface area contributed by atoms with Crippen molar-refractivity contribution in [3.05, 3.63) is 99.0 Å². The number of fused-ring (bicyclic) bond motifs is 1. The lowest BCUT2D eigenvalue weighted by Crippen LogP contribution is -2.35. The zero-order valence-corrected chi connectivity index (χ0v) is 20.4. The van der Waals surface area contributed by atoms with Crippen LogP contribution in [0.4, 0.5) is 19.3 Å². The normalized spacial score (nSPS) is 10.7. The number of halogens is 4. The van der Waals surface area contributed by atoms with Crippen molar-refractivity contribution in [2.45, 2.75) is 6.92 Å². The molecule has 0 fully saturated rings. The highest BCUT2D eigenvalue weighted by Crippen LogP contribution is 2.42. The van der Waals surface area contributed by atoms with Gasteiger partial charge in [0.25, 0.3) is 5.91 Å². The zero-order valence-electron chi connectivity index (χ0n) is 18.9. The van der Waals surface area contributed by atoms with E-state index in [0.29, 0.717) is 21.5 Å². The lowest BCUT2D eigenvalue weighted by Gasteiger charge is -2.18. The molecule has 0 aliphatic rings. The SMILES string of the molecule is Cc1c(NC(=O)NC(=O)c2c(F)cccc2F)cc(C(=O)O)c(Oc2ccc(Cl)c3ccccc23)c1Cl. The van der Waals surface area contributed by atoms with Crippen LogP contribution in [0.1, 0.15) is 26.3 Å². The van der Waals surface area contributed by atoms with Crippen LogP contribution in [-0.2, 0) is 0 Å². The first kappa shape index (κ1) is 25.9. The molecule has 4 rings (SSSR count). The summed E-state index contributed by atoms with van der Waals surface area (Å²) in [7, 11) is 0. The fourth-order valence-electron chi connectivity index (χ4n) is 3.58. The second-order valence-electron chi connectivity index (χ2n) is 7.74. The van der Waals surface area contributed by atoms with Crippen LogP contribution in [0.2, 0.25) is 10.0 Å². The molecule has 37 heavy (non-hydrogen) atoms. The quantitative estimate of drug-likeness (QED) is 0.246. The first-order chi connectivity index (χ1) is 17.6. The molecule has 7 nitrogen and oxygen atoms in total. The number of ether oxygens (including phenoxy) is 1. The van der Waals surface area contributed by atoms with Crippen molar-refractivity contribution in [2.75, 3.05) is 5.32 Å². The maximum atomic E-state index is 13.8. The molecule has 0 aliphatic heterocycles. The van der Waals surface area contributed by atoms with E-state index < -0.39 is 40.7 Å². The second-order valence-corrected chi connectivity index (χ2v) is 8.53. The van der Waals surface area contributed by atoms with Crippen LogP contribution >= 0.6 is 23.2 Å². The summed E-state index contributed by atoms with van der Waals surface area (Å²) in [5.41, 5.74) is -1.20. The number of hydrogen-bond acceptors (Lipinski definition) is 4. The fraction of sp³-hybridized carbons (Fsp3) is 0.0385. The number of carboxylic acids is 1. The summed E-state index contributed by atoms with van der Waals surface area (Å²) >= 11 is 12.7. The Kier molecular flexibility index (Phi) is 7.28. The molecule has 0 unspecified atom stereocenters. The van der Waals surface area contributed by atoms with Crippen LogP contribution in [0.5, 0.6) is 11.5 Å². The van der Waals surface area contributed by atoms with Gasteiger partial charge in [0, 0.05) is 21.5 Å². The van der Waals surface area contributed by atoms with Gasteiger partial charge in [-0.1, -0.05) is 53.5 Å². The molecule has 4 aromatic rings. The Bertz CT molecular complexity index is 1570. The van der Waals surface area contributed by atoms with E-state index in [1.165, 1.54) is 6.92 Å². The topological polar surface area (TPSA) is 105 Å². The summed E-state index contributed by atoms with van der Waals surface area (Å²) in [4.78, 5) is 36.6. The van der Waals surface area contributed by atoms with E-state index in [1.807, 2.05) is 0 Å². The molecule has 11 heteroatoms. The molecule has 0 atom stereocenters. The maximum absolute atomic E-state index is 13.8. The van der Waals surface area contributed by atoms with Crippen molar-refractivity contribution < 1.29 is 33.0 Å². The van der Waals surface area contributed by atoms with Gasteiger partial charge in [-0.15, -0.1) is 0 Å². The van der Waals surface area contributed by atoms with E-state index in [1.54, 1.807) is 41.7 Å². The molecule has 0 saturated carbocycles. The highest BCUT2D eigenvalue weighted by molar-refractivity contribution is 6.36. The summed E-state index contributed by atoms with van der Waals surface area (Å²) in [6, 6.07) is 12.9. The largest absolute Gasteiger partial charge is 0.478 e. The molecule has 0 aromatic heterocycles. The molecular weight excluding hydrogens is 529 g/mol. The lowest BCUT2D eigenvalue weighted by molar-refractivity contribution is 0.0693. The Morgan fingerprint density at radius 3 is 2.22 bits per heavy atom. The Hall–Kier alpha value is -4.21. The van der Waals surface area contributed by atoms with E-state index in [2.05, 4.69) is 5.32 Å². The molecule has 3 amide bonds. The molecular formula is C26H16Cl2F2N2O5. The fourth-order valence-corrected chi connectivity index (χ4v) is 4.05. The third-order valence-corrected chi connectivity index (χ3v) is 6.19. The molecule has 188 valence electrons. The van der Waals surface area contributed by atoms with Gasteiger partial charge in [-0.25, -0.2) is 18.4 Å². The number of imide groups is 1. The van der Waals surface area contributed by atoms with Crippen molar-refractivity contribution in [3.63, 3.8) is 0 Å². The van der Waals surface area contributed by atoms with Crippen LogP contribution in [-0.4, -0.2) is 23.0 Å². The molecule has 0 spiro atoms. The van der Waals surface area contributed by atoms with Crippen LogP contribution in [0.25, 0.3) is 10.8 Å². The Morgan fingerprint density at radius 1 is 0.919 bits per heavy atom. The summed E-state index contributed by atoms with van der Waals surface area (Å²) in [5.74, 6) is -4.95. The summed E-state index contributed by atoms with van der Waals surface area (Å²) in [5, 5.41) is 15.5. The van der Waals surface area contributed by atoms with Crippen molar-refractivity contribution in [2.24, 2.45) is 0 Å². The zero-order chi connectivity index (χ0) is 26.9. The average molecular weight is 545 g/mol. The standard InChI is InChI=1S/C26H16Cl2F2N2O5/c1-12-19(31-26(36)32-24(33)21-17(29)7-4-8-18(21)30)11-15(25(34)35)23(22(12)28)37-20-10-9-16(27)13-5-2-3-6-14(13)20/h2-11H,1H3,(H,34,35)(H2,31,32,33,36). The average Bonchev–Trinajstić information content (AvgIpc) is 2.85. The Balaban J connectivity index is 1.66. The van der Waals surface area contributed by atoms with Gasteiger partial charge < -0.3 is 15.2 Å². The first-order valence-corrected chi connectivity index (χ1v) is 11.3. The van der Waals surface area contributed by atoms with Crippen molar-refractivity contribution in [1.29, 1.82) is 0 Å². The molecule has 0 bridgehead atoms. The van der Waals surface area contributed by atoms with E-state index in [9.17, 15) is 28.3 Å². The molecule has 0 aliphatic carbocycles. The van der Waals surface area contributed by atoms with Crippen molar-refractivity contribution in [1.82, 2.24) is 5.32 Å². The van der Waals surface area contributed by atoms with Crippen LogP contribution in [0, 0.1) is 18.6 Å². The Morgan fingerprint density at radius 2 is 1.57 bits per heavy atom. The number of urea groups is 1. The number of nitrogens with one attached hydrogen (secondary N) is 2. The van der Waals surface area contributed by atoms with Gasteiger partial charge in [0.1, 0.15) is 28.5 Å². The van der Waals surface area contributed by atoms with Gasteiger partial charge in [0.15, 0.2) is 5.75 Å². The van der Waals surface area contributed by atoms with Gasteiger partial charge in [-0.2, -0.15) is 0 Å². The number of amides is 3. The van der Waals surface area contributed by atoms with Crippen molar-refractivity contribution in [3.8, 4) is 11.5 Å². The third-order valence-electron chi connectivity index (χ3n) is 5.40. The van der Waals surface area contributed by atoms with Crippen LogP contribution in [0.15, 0.2) is 60.7 Å². The molecule has 0 radical (unpaired) electrons. The Labute approximate surface area is 218 Å². The number of carbonyl (C=O) groups is 3. The number of anilines is 1. The third kappa shape index (κ3) is 5.18. The molecule has 3 N–H and O–H groups in total. The number of benzene rings is 4. The summed E-state index contributed by atoms with van der Waals surface area (Å²) < 4.78 is 33.6. The van der Waals surface area contributed by atoms with Gasteiger partial charge in [-0.3, -0.25) is 10.1 Å². The van der Waals surface area contributed by atoms with E-state index in [4.69, 9.17) is 27.9 Å². The number of rotatable bonds is 5. The predicted octanol–water partition coefficient (Wildman–Crippen LogP) is 7.19. The summed E-state index contributed by atoms with van der Waals surface area (Å²) in [6.45, 7) is 1.48. The number of carbonyl (C=O) groups excluding carboxylic acids is 2. The monoisotopic (exact) mass is 544 g/mol. The van der Waals surface area contributed by atoms with Gasteiger partial charge >= 0.3 is 12.0 Å². The van der Waals surface area contributed by atoms with E-state index in [-0.39, 0.29) is 22.0 Å².